The number of hydrogen-bond acceptors (Lipinski definition) is 1. The smallest absolute Gasteiger partial charge is 0.0937 e. The molecule has 0 spiro atoms. The highest BCUT2D eigenvalue weighted by atomic mass is 35.5. The summed E-state index contributed by atoms with van der Waals surface area (Å²) >= 11 is 5.79. The van der Waals surface area contributed by atoms with E-state index in [9.17, 15) is 0 Å². The second kappa shape index (κ2) is 6.46. The van der Waals surface area contributed by atoms with E-state index in [1.54, 1.807) is 0 Å². The molecule has 1 aromatic rings. The summed E-state index contributed by atoms with van der Waals surface area (Å²) in [6.45, 7) is 2.86. The van der Waals surface area contributed by atoms with Crippen molar-refractivity contribution in [2.75, 3.05) is 6.54 Å². The van der Waals surface area contributed by atoms with Crippen molar-refractivity contribution in [3.8, 4) is 0 Å². The van der Waals surface area contributed by atoms with Crippen LogP contribution in [0.1, 0.15) is 25.3 Å². The Labute approximate surface area is 96.2 Å². The minimum atomic E-state index is 0.756. The highest BCUT2D eigenvalue weighted by Gasteiger charge is 1.93. The predicted octanol–water partition coefficient (Wildman–Crippen LogP) is 3.04. The fourth-order valence-corrected chi connectivity index (χ4v) is 1.44. The van der Waals surface area contributed by atoms with Crippen LogP contribution in [0, 0.1) is 0 Å². The lowest BCUT2D eigenvalue weighted by Gasteiger charge is -2.00. The van der Waals surface area contributed by atoms with Crippen molar-refractivity contribution < 1.29 is 0 Å². The molecule has 0 saturated carbocycles. The zero-order valence-corrected chi connectivity index (χ0v) is 9.80. The molecule has 0 heterocycles. The quantitative estimate of drug-likeness (QED) is 0.606. The lowest BCUT2D eigenvalue weighted by Crippen LogP contribution is -2.11. The first-order valence-corrected chi connectivity index (χ1v) is 5.63. The Morgan fingerprint density at radius 3 is 2.60 bits per heavy atom. The number of nitrogens with two attached hydrogens (primary N) is 1. The Morgan fingerprint density at radius 1 is 1.33 bits per heavy atom. The molecule has 0 fully saturated rings. The molecule has 0 aliphatic heterocycles. The molecule has 0 saturated heterocycles. The van der Waals surface area contributed by atoms with E-state index in [0.717, 1.165) is 36.7 Å². The van der Waals surface area contributed by atoms with E-state index in [2.05, 4.69) is 11.9 Å². The molecule has 15 heavy (non-hydrogen) atoms. The molecule has 0 radical (unpaired) electrons. The monoisotopic (exact) mass is 224 g/mol. The van der Waals surface area contributed by atoms with Gasteiger partial charge in [-0.05, 0) is 30.5 Å². The largest absolute Gasteiger partial charge is 0.387 e. The maximum absolute atomic E-state index is 5.79. The summed E-state index contributed by atoms with van der Waals surface area (Å²) in [5.74, 6) is 0.756. The van der Waals surface area contributed by atoms with Crippen LogP contribution in [0.5, 0.6) is 0 Å². The fraction of sp³-hybridized carbons (Fsp3) is 0.417. The molecule has 1 aromatic carbocycles. The van der Waals surface area contributed by atoms with E-state index in [0.29, 0.717) is 0 Å². The lowest BCUT2D eigenvalue weighted by atomic mass is 10.1. The fourth-order valence-electron chi connectivity index (χ4n) is 1.31. The van der Waals surface area contributed by atoms with Crippen LogP contribution in [0.15, 0.2) is 29.3 Å². The average Bonchev–Trinajstić information content (AvgIpc) is 2.21. The van der Waals surface area contributed by atoms with Gasteiger partial charge in [-0.15, -0.1) is 0 Å². The normalized spacial score (nSPS) is 11.7. The zero-order chi connectivity index (χ0) is 11.1. The van der Waals surface area contributed by atoms with Gasteiger partial charge in [0.2, 0.25) is 0 Å². The van der Waals surface area contributed by atoms with Crippen LogP contribution in [0.2, 0.25) is 5.02 Å². The van der Waals surface area contributed by atoms with Crippen LogP contribution in [-0.2, 0) is 6.42 Å². The number of hydrogen-bond donors (Lipinski definition) is 1. The highest BCUT2D eigenvalue weighted by molar-refractivity contribution is 6.30. The summed E-state index contributed by atoms with van der Waals surface area (Å²) in [7, 11) is 0. The van der Waals surface area contributed by atoms with Gasteiger partial charge >= 0.3 is 0 Å². The molecule has 2 N–H and O–H groups in total. The molecule has 0 atom stereocenters. The summed E-state index contributed by atoms with van der Waals surface area (Å²) in [4.78, 5) is 4.29. The van der Waals surface area contributed by atoms with Gasteiger partial charge in [0.05, 0.1) is 5.84 Å². The summed E-state index contributed by atoms with van der Waals surface area (Å²) in [6, 6.07) is 7.84. The molecule has 0 aromatic heterocycles. The van der Waals surface area contributed by atoms with Gasteiger partial charge in [-0.3, -0.25) is 4.99 Å². The van der Waals surface area contributed by atoms with Gasteiger partial charge in [-0.2, -0.15) is 0 Å². The van der Waals surface area contributed by atoms with E-state index in [1.807, 2.05) is 24.3 Å². The van der Waals surface area contributed by atoms with Gasteiger partial charge in [0.1, 0.15) is 0 Å². The summed E-state index contributed by atoms with van der Waals surface area (Å²) in [5.41, 5.74) is 6.94. The standard InChI is InChI=1S/C12H17ClN2/c1-2-3-12(14)15-9-8-10-4-6-11(13)7-5-10/h4-7H,2-3,8-9H2,1H3,(H2,14,15). The van der Waals surface area contributed by atoms with Crippen molar-refractivity contribution in [3.63, 3.8) is 0 Å². The topological polar surface area (TPSA) is 38.4 Å². The predicted molar refractivity (Wildman–Crippen MR) is 66.6 cm³/mol. The van der Waals surface area contributed by atoms with Crippen LogP contribution in [-0.4, -0.2) is 12.4 Å². The zero-order valence-electron chi connectivity index (χ0n) is 9.04. The van der Waals surface area contributed by atoms with Crippen LogP contribution >= 0.6 is 11.6 Å². The molecule has 2 nitrogen and oxygen atoms in total. The highest BCUT2D eigenvalue weighted by Crippen LogP contribution is 2.09. The van der Waals surface area contributed by atoms with Crippen LogP contribution in [0.4, 0.5) is 0 Å². The van der Waals surface area contributed by atoms with Gasteiger partial charge in [0.25, 0.3) is 0 Å². The van der Waals surface area contributed by atoms with Crippen LogP contribution in [0.3, 0.4) is 0 Å². The van der Waals surface area contributed by atoms with Gasteiger partial charge in [0.15, 0.2) is 0 Å². The molecular formula is C12H17ClN2. The Morgan fingerprint density at radius 2 is 2.00 bits per heavy atom. The van der Waals surface area contributed by atoms with Crippen molar-refractivity contribution in [3.05, 3.63) is 34.9 Å². The molecule has 0 amide bonds. The van der Waals surface area contributed by atoms with Crippen LogP contribution < -0.4 is 5.73 Å². The van der Waals surface area contributed by atoms with Crippen molar-refractivity contribution >= 4 is 17.4 Å². The minimum Gasteiger partial charge on any atom is -0.387 e. The summed E-state index contributed by atoms with van der Waals surface area (Å²) in [5, 5.41) is 0.771. The summed E-state index contributed by atoms with van der Waals surface area (Å²) in [6.07, 6.45) is 2.86. The number of benzene rings is 1. The van der Waals surface area contributed by atoms with E-state index >= 15 is 0 Å². The molecule has 3 heteroatoms. The first kappa shape index (κ1) is 12.1. The van der Waals surface area contributed by atoms with Crippen molar-refractivity contribution in [2.24, 2.45) is 10.7 Å². The lowest BCUT2D eigenvalue weighted by molar-refractivity contribution is 0.926. The Balaban J connectivity index is 2.37. The SMILES string of the molecule is CCCC(N)=NCCc1ccc(Cl)cc1. The van der Waals surface area contributed by atoms with E-state index < -0.39 is 0 Å². The third-order valence-corrected chi connectivity index (χ3v) is 2.39. The third-order valence-electron chi connectivity index (χ3n) is 2.13. The number of amidine groups is 1. The van der Waals surface area contributed by atoms with E-state index in [-0.39, 0.29) is 0 Å². The second-order valence-electron chi connectivity index (χ2n) is 3.50. The molecule has 0 bridgehead atoms. The molecule has 82 valence electrons. The number of aliphatic imine (C=N–C) groups is 1. The third kappa shape index (κ3) is 4.84. The van der Waals surface area contributed by atoms with Gasteiger partial charge in [-0.1, -0.05) is 30.7 Å². The average molecular weight is 225 g/mol. The minimum absolute atomic E-state index is 0.756. The van der Waals surface area contributed by atoms with Crippen molar-refractivity contribution in [1.29, 1.82) is 0 Å². The van der Waals surface area contributed by atoms with Gasteiger partial charge in [-0.25, -0.2) is 0 Å². The Bertz CT molecular complexity index is 317. The van der Waals surface area contributed by atoms with Crippen LogP contribution in [0.25, 0.3) is 0 Å². The first-order chi connectivity index (χ1) is 7.22. The first-order valence-electron chi connectivity index (χ1n) is 5.25. The van der Waals surface area contributed by atoms with Gasteiger partial charge < -0.3 is 5.73 Å². The number of nitrogens with zero attached hydrogens (tertiary/aromatic N) is 1. The Hall–Kier alpha value is -1.02. The molecule has 0 aliphatic rings. The molecule has 0 aliphatic carbocycles. The van der Waals surface area contributed by atoms with E-state index in [4.69, 9.17) is 17.3 Å². The molecule has 1 rings (SSSR count). The number of halogens is 1. The molecule has 0 unspecified atom stereocenters. The maximum atomic E-state index is 5.79. The molecular weight excluding hydrogens is 208 g/mol. The van der Waals surface area contributed by atoms with Crippen molar-refractivity contribution in [2.45, 2.75) is 26.2 Å². The Kier molecular flexibility index (Phi) is 5.19. The summed E-state index contributed by atoms with van der Waals surface area (Å²) < 4.78 is 0. The maximum Gasteiger partial charge on any atom is 0.0937 e. The van der Waals surface area contributed by atoms with Crippen molar-refractivity contribution in [1.82, 2.24) is 0 Å². The second-order valence-corrected chi connectivity index (χ2v) is 3.94. The van der Waals surface area contributed by atoms with Gasteiger partial charge in [0, 0.05) is 18.0 Å². The number of rotatable bonds is 5. The van der Waals surface area contributed by atoms with E-state index in [1.165, 1.54) is 5.56 Å².